The Kier molecular flexibility index (Phi) is 3.66. The molecule has 0 unspecified atom stereocenters. The summed E-state index contributed by atoms with van der Waals surface area (Å²) in [5, 5.41) is 0. The van der Waals surface area contributed by atoms with E-state index >= 15 is 0 Å². The molecule has 0 saturated carbocycles. The van der Waals surface area contributed by atoms with Crippen LogP contribution in [0.15, 0.2) is 16.7 Å². The summed E-state index contributed by atoms with van der Waals surface area (Å²) in [7, 11) is 0. The fourth-order valence-corrected chi connectivity index (χ4v) is 1.83. The van der Waals surface area contributed by atoms with Gasteiger partial charge >= 0.3 is 0 Å². The molecule has 1 aliphatic rings. The molecule has 3 nitrogen and oxygen atoms in total. The summed E-state index contributed by atoms with van der Waals surface area (Å²) in [6, 6.07) is 1.45. The van der Waals surface area contributed by atoms with Crippen LogP contribution in [0.4, 0.5) is 4.39 Å². The zero-order chi connectivity index (χ0) is 10.7. The van der Waals surface area contributed by atoms with Gasteiger partial charge in [-0.05, 0) is 22.0 Å². The van der Waals surface area contributed by atoms with E-state index in [0.717, 1.165) is 26.3 Å². The smallest absolute Gasteiger partial charge is 0.147 e. The van der Waals surface area contributed by atoms with E-state index < -0.39 is 0 Å². The number of nitrogens with zero attached hydrogens (tertiary/aromatic N) is 2. The van der Waals surface area contributed by atoms with Gasteiger partial charge in [0, 0.05) is 30.3 Å². The Hall–Kier alpha value is -0.520. The lowest BCUT2D eigenvalue weighted by molar-refractivity contribution is 0.0331. The van der Waals surface area contributed by atoms with Gasteiger partial charge in [0.25, 0.3) is 0 Å². The molecule has 1 saturated heterocycles. The van der Waals surface area contributed by atoms with Crippen LogP contribution in [0.25, 0.3) is 0 Å². The second kappa shape index (κ2) is 5.01. The van der Waals surface area contributed by atoms with Crippen molar-refractivity contribution < 1.29 is 9.13 Å². The highest BCUT2D eigenvalue weighted by Crippen LogP contribution is 2.14. The van der Waals surface area contributed by atoms with E-state index in [-0.39, 0.29) is 5.82 Å². The first-order valence-electron chi connectivity index (χ1n) is 4.86. The zero-order valence-electron chi connectivity index (χ0n) is 8.25. The first-order valence-corrected chi connectivity index (χ1v) is 5.65. The van der Waals surface area contributed by atoms with Gasteiger partial charge in [0.1, 0.15) is 5.82 Å². The standard InChI is InChI=1S/C10H12BrFN2O/c11-8-5-9(12)10(13-6-8)7-14-1-3-15-4-2-14/h5-6H,1-4,7H2. The number of morpholine rings is 1. The normalized spacial score (nSPS) is 18.0. The molecule has 2 rings (SSSR count). The van der Waals surface area contributed by atoms with E-state index in [1.807, 2.05) is 0 Å². The molecule has 82 valence electrons. The van der Waals surface area contributed by atoms with Crippen LogP contribution >= 0.6 is 15.9 Å². The number of hydrogen-bond acceptors (Lipinski definition) is 3. The van der Waals surface area contributed by atoms with Crippen molar-refractivity contribution in [2.75, 3.05) is 26.3 Å². The van der Waals surface area contributed by atoms with Crippen LogP contribution in [0, 0.1) is 5.82 Å². The van der Waals surface area contributed by atoms with Crippen molar-refractivity contribution >= 4 is 15.9 Å². The molecule has 0 aromatic carbocycles. The molecule has 0 atom stereocenters. The van der Waals surface area contributed by atoms with Crippen LogP contribution in [0.1, 0.15) is 5.69 Å². The van der Waals surface area contributed by atoms with Crippen molar-refractivity contribution in [1.82, 2.24) is 9.88 Å². The van der Waals surface area contributed by atoms with Gasteiger partial charge < -0.3 is 4.74 Å². The number of hydrogen-bond donors (Lipinski definition) is 0. The van der Waals surface area contributed by atoms with Gasteiger partial charge in [-0.1, -0.05) is 0 Å². The Morgan fingerprint density at radius 1 is 1.47 bits per heavy atom. The highest BCUT2D eigenvalue weighted by Gasteiger charge is 2.13. The van der Waals surface area contributed by atoms with Gasteiger partial charge in [-0.25, -0.2) is 4.39 Å². The first-order chi connectivity index (χ1) is 7.25. The lowest BCUT2D eigenvalue weighted by Crippen LogP contribution is -2.36. The quantitative estimate of drug-likeness (QED) is 0.823. The summed E-state index contributed by atoms with van der Waals surface area (Å²) in [4.78, 5) is 6.21. The van der Waals surface area contributed by atoms with Crippen molar-refractivity contribution in [2.24, 2.45) is 0 Å². The molecule has 1 aromatic rings. The third-order valence-corrected chi connectivity index (χ3v) is 2.79. The van der Waals surface area contributed by atoms with Crippen molar-refractivity contribution in [3.05, 3.63) is 28.2 Å². The van der Waals surface area contributed by atoms with E-state index in [9.17, 15) is 4.39 Å². The topological polar surface area (TPSA) is 25.4 Å². The second-order valence-corrected chi connectivity index (χ2v) is 4.39. The van der Waals surface area contributed by atoms with Crippen LogP contribution < -0.4 is 0 Å². The number of pyridine rings is 1. The van der Waals surface area contributed by atoms with Gasteiger partial charge in [-0.15, -0.1) is 0 Å². The first kappa shape index (κ1) is 11.0. The molecule has 0 aliphatic carbocycles. The third kappa shape index (κ3) is 2.96. The summed E-state index contributed by atoms with van der Waals surface area (Å²) in [5.41, 5.74) is 0.500. The average Bonchev–Trinajstić information content (AvgIpc) is 2.24. The summed E-state index contributed by atoms with van der Waals surface area (Å²) in [6.07, 6.45) is 1.62. The highest BCUT2D eigenvalue weighted by molar-refractivity contribution is 9.10. The molecule has 0 N–H and O–H groups in total. The predicted octanol–water partition coefficient (Wildman–Crippen LogP) is 1.82. The Morgan fingerprint density at radius 2 is 2.20 bits per heavy atom. The van der Waals surface area contributed by atoms with Crippen LogP contribution in [-0.2, 0) is 11.3 Å². The Labute approximate surface area is 96.4 Å². The minimum atomic E-state index is -0.254. The number of ether oxygens (including phenoxy) is 1. The molecule has 1 fully saturated rings. The number of aromatic nitrogens is 1. The maximum Gasteiger partial charge on any atom is 0.147 e. The van der Waals surface area contributed by atoms with Crippen molar-refractivity contribution in [2.45, 2.75) is 6.54 Å². The highest BCUT2D eigenvalue weighted by atomic mass is 79.9. The van der Waals surface area contributed by atoms with Crippen LogP contribution in [0.3, 0.4) is 0 Å². The Morgan fingerprint density at radius 3 is 2.87 bits per heavy atom. The Balaban J connectivity index is 2.03. The molecule has 0 bridgehead atoms. The van der Waals surface area contributed by atoms with Crippen LogP contribution in [0.2, 0.25) is 0 Å². The molecule has 2 heterocycles. The zero-order valence-corrected chi connectivity index (χ0v) is 9.83. The average molecular weight is 275 g/mol. The SMILES string of the molecule is Fc1cc(Br)cnc1CN1CCOCC1. The van der Waals surface area contributed by atoms with Crippen molar-refractivity contribution in [1.29, 1.82) is 0 Å². The van der Waals surface area contributed by atoms with Gasteiger partial charge in [0.05, 0.1) is 18.9 Å². The molecule has 5 heteroatoms. The van der Waals surface area contributed by atoms with E-state index in [2.05, 4.69) is 25.8 Å². The minimum absolute atomic E-state index is 0.254. The summed E-state index contributed by atoms with van der Waals surface area (Å²) >= 11 is 3.19. The molecule has 1 aliphatic heterocycles. The second-order valence-electron chi connectivity index (χ2n) is 3.47. The van der Waals surface area contributed by atoms with Gasteiger partial charge in [0.15, 0.2) is 0 Å². The summed E-state index contributed by atoms with van der Waals surface area (Å²) in [5.74, 6) is -0.254. The van der Waals surface area contributed by atoms with E-state index in [4.69, 9.17) is 4.74 Å². The van der Waals surface area contributed by atoms with Gasteiger partial charge in [-0.2, -0.15) is 0 Å². The van der Waals surface area contributed by atoms with Crippen LogP contribution in [-0.4, -0.2) is 36.2 Å². The van der Waals surface area contributed by atoms with E-state index in [1.165, 1.54) is 6.07 Å². The molecular formula is C10H12BrFN2O. The molecule has 1 aromatic heterocycles. The van der Waals surface area contributed by atoms with E-state index in [1.54, 1.807) is 6.20 Å². The molecule has 0 radical (unpaired) electrons. The third-order valence-electron chi connectivity index (χ3n) is 2.36. The van der Waals surface area contributed by atoms with Gasteiger partial charge in [0.2, 0.25) is 0 Å². The summed E-state index contributed by atoms with van der Waals surface area (Å²) in [6.45, 7) is 3.69. The molecule has 0 amide bonds. The molecule has 15 heavy (non-hydrogen) atoms. The lowest BCUT2D eigenvalue weighted by atomic mass is 10.3. The largest absolute Gasteiger partial charge is 0.379 e. The molecular weight excluding hydrogens is 263 g/mol. The molecule has 0 spiro atoms. The fourth-order valence-electron chi connectivity index (χ4n) is 1.53. The maximum absolute atomic E-state index is 13.5. The lowest BCUT2D eigenvalue weighted by Gasteiger charge is -2.26. The monoisotopic (exact) mass is 274 g/mol. The number of halogens is 2. The van der Waals surface area contributed by atoms with Crippen molar-refractivity contribution in [3.8, 4) is 0 Å². The predicted molar refractivity (Wildman–Crippen MR) is 58.0 cm³/mol. The summed E-state index contributed by atoms with van der Waals surface area (Å²) < 4.78 is 19.4. The minimum Gasteiger partial charge on any atom is -0.379 e. The van der Waals surface area contributed by atoms with E-state index in [0.29, 0.717) is 16.7 Å². The number of rotatable bonds is 2. The maximum atomic E-state index is 13.5. The van der Waals surface area contributed by atoms with Crippen LogP contribution in [0.5, 0.6) is 0 Å². The van der Waals surface area contributed by atoms with Crippen molar-refractivity contribution in [3.63, 3.8) is 0 Å². The fraction of sp³-hybridized carbons (Fsp3) is 0.500. The Bertz CT molecular complexity index is 342. The van der Waals surface area contributed by atoms with Gasteiger partial charge in [-0.3, -0.25) is 9.88 Å².